The number of carbonyl (C=O) groups is 3. The Hall–Kier alpha value is -2.63. The molecule has 0 spiro atoms. The van der Waals surface area contributed by atoms with Gasteiger partial charge in [-0.2, -0.15) is 0 Å². The minimum atomic E-state index is -0.957. The first kappa shape index (κ1) is 18.7. The molecule has 1 aromatic carbocycles. The van der Waals surface area contributed by atoms with Crippen molar-refractivity contribution in [3.63, 3.8) is 0 Å². The minimum Gasteiger partial charge on any atom is -0.481 e. The number of carboxylic acid groups (broad SMARTS) is 1. The van der Waals surface area contributed by atoms with E-state index >= 15 is 0 Å². The molecule has 2 amide bonds. The van der Waals surface area contributed by atoms with Crippen LogP contribution in [0.4, 0.5) is 5.69 Å². The summed E-state index contributed by atoms with van der Waals surface area (Å²) in [7, 11) is 0. The van der Waals surface area contributed by atoms with Gasteiger partial charge in [-0.25, -0.2) is 0 Å². The van der Waals surface area contributed by atoms with E-state index in [0.717, 1.165) is 6.42 Å². The van der Waals surface area contributed by atoms with Crippen molar-refractivity contribution in [3.05, 3.63) is 42.0 Å². The number of carboxylic acids is 1. The fraction of sp³-hybridized carbons (Fsp3) is 0.421. The van der Waals surface area contributed by atoms with Gasteiger partial charge in [-0.1, -0.05) is 19.1 Å². The quantitative estimate of drug-likeness (QED) is 0.692. The number of amides is 2. The van der Waals surface area contributed by atoms with Crippen molar-refractivity contribution in [1.29, 1.82) is 0 Å². The molecule has 6 heteroatoms. The number of rotatable bonds is 6. The van der Waals surface area contributed by atoms with Crippen molar-refractivity contribution in [2.45, 2.75) is 39.2 Å². The van der Waals surface area contributed by atoms with Gasteiger partial charge in [-0.15, -0.1) is 0 Å². The molecule has 0 bridgehead atoms. The summed E-state index contributed by atoms with van der Waals surface area (Å²) in [5.41, 5.74) is 1.06. The first-order chi connectivity index (χ1) is 11.9. The van der Waals surface area contributed by atoms with Gasteiger partial charge in [-0.05, 0) is 50.5 Å². The van der Waals surface area contributed by atoms with Gasteiger partial charge in [0.1, 0.15) is 0 Å². The lowest BCUT2D eigenvalue weighted by Crippen LogP contribution is -2.34. The maximum absolute atomic E-state index is 12.4. The molecule has 6 nitrogen and oxygen atoms in total. The molecule has 0 saturated carbocycles. The zero-order valence-electron chi connectivity index (χ0n) is 14.5. The molecule has 0 aliphatic heterocycles. The van der Waals surface area contributed by atoms with Gasteiger partial charge in [0.15, 0.2) is 0 Å². The molecule has 3 atom stereocenters. The molecule has 0 aromatic heterocycles. The van der Waals surface area contributed by atoms with Gasteiger partial charge in [-0.3, -0.25) is 14.4 Å². The van der Waals surface area contributed by atoms with E-state index in [0.29, 0.717) is 24.1 Å². The van der Waals surface area contributed by atoms with Crippen molar-refractivity contribution >= 4 is 23.5 Å². The van der Waals surface area contributed by atoms with Crippen LogP contribution < -0.4 is 10.6 Å². The number of anilines is 1. The summed E-state index contributed by atoms with van der Waals surface area (Å²) in [4.78, 5) is 35.7. The Balaban J connectivity index is 2.00. The molecule has 134 valence electrons. The monoisotopic (exact) mass is 344 g/mol. The number of aliphatic carboxylic acids is 1. The summed E-state index contributed by atoms with van der Waals surface area (Å²) >= 11 is 0. The van der Waals surface area contributed by atoms with E-state index in [4.69, 9.17) is 0 Å². The predicted octanol–water partition coefficient (Wildman–Crippen LogP) is 2.82. The summed E-state index contributed by atoms with van der Waals surface area (Å²) in [5, 5.41) is 14.9. The number of carbonyl (C=O) groups excluding carboxylic acids is 2. The van der Waals surface area contributed by atoms with Crippen LogP contribution in [-0.2, 0) is 9.59 Å². The third-order valence-corrected chi connectivity index (χ3v) is 4.49. The predicted molar refractivity (Wildman–Crippen MR) is 95.3 cm³/mol. The molecule has 1 aromatic rings. The third kappa shape index (κ3) is 4.92. The Morgan fingerprint density at radius 3 is 2.28 bits per heavy atom. The molecule has 0 saturated heterocycles. The van der Waals surface area contributed by atoms with Gasteiger partial charge < -0.3 is 15.7 Å². The molecule has 3 N–H and O–H groups in total. The van der Waals surface area contributed by atoms with Crippen LogP contribution in [-0.4, -0.2) is 28.9 Å². The van der Waals surface area contributed by atoms with Gasteiger partial charge in [0.2, 0.25) is 5.91 Å². The van der Waals surface area contributed by atoms with Crippen LogP contribution in [0.5, 0.6) is 0 Å². The summed E-state index contributed by atoms with van der Waals surface area (Å²) in [5.74, 6) is -2.72. The van der Waals surface area contributed by atoms with E-state index in [9.17, 15) is 19.5 Å². The standard InChI is InChI=1S/C19H24N2O4/c1-3-12(2)20-17(22)13-8-10-14(11-9-13)21-18(23)15-6-4-5-7-16(15)19(24)25/h4-5,8-12,15-16H,3,6-7H2,1-2H3,(H,20,22)(H,21,23)(H,24,25)/t12-,15+,16-/m0/s1. The van der Waals surface area contributed by atoms with Gasteiger partial charge >= 0.3 is 5.97 Å². The zero-order chi connectivity index (χ0) is 18.4. The van der Waals surface area contributed by atoms with E-state index in [-0.39, 0.29) is 17.9 Å². The highest BCUT2D eigenvalue weighted by Crippen LogP contribution is 2.27. The molecular weight excluding hydrogens is 320 g/mol. The summed E-state index contributed by atoms with van der Waals surface area (Å²) in [6.07, 6.45) is 5.26. The van der Waals surface area contributed by atoms with Gasteiger partial charge in [0.25, 0.3) is 5.91 Å². The maximum Gasteiger partial charge on any atom is 0.307 e. The second kappa shape index (κ2) is 8.46. The van der Waals surface area contributed by atoms with Crippen molar-refractivity contribution in [2.75, 3.05) is 5.32 Å². The van der Waals surface area contributed by atoms with Crippen LogP contribution in [0.2, 0.25) is 0 Å². The molecule has 0 radical (unpaired) electrons. The van der Waals surface area contributed by atoms with E-state index in [2.05, 4.69) is 10.6 Å². The molecule has 1 aliphatic carbocycles. The Morgan fingerprint density at radius 1 is 1.12 bits per heavy atom. The van der Waals surface area contributed by atoms with Crippen LogP contribution in [0.1, 0.15) is 43.5 Å². The van der Waals surface area contributed by atoms with E-state index < -0.39 is 17.8 Å². The van der Waals surface area contributed by atoms with Gasteiger partial charge in [0, 0.05) is 17.3 Å². The highest BCUT2D eigenvalue weighted by molar-refractivity contribution is 5.97. The average Bonchev–Trinajstić information content (AvgIpc) is 2.62. The lowest BCUT2D eigenvalue weighted by molar-refractivity contribution is -0.146. The zero-order valence-corrected chi connectivity index (χ0v) is 14.5. The van der Waals surface area contributed by atoms with Crippen molar-refractivity contribution in [2.24, 2.45) is 11.8 Å². The number of hydrogen-bond donors (Lipinski definition) is 3. The largest absolute Gasteiger partial charge is 0.481 e. The Kier molecular flexibility index (Phi) is 6.33. The SMILES string of the molecule is CC[C@H](C)NC(=O)c1ccc(NC(=O)[C@@H]2CC=CC[C@@H]2C(=O)O)cc1. The van der Waals surface area contributed by atoms with Crippen LogP contribution in [0.25, 0.3) is 0 Å². The molecule has 2 rings (SSSR count). The second-order valence-electron chi connectivity index (χ2n) is 6.34. The molecule has 1 aliphatic rings. The average molecular weight is 344 g/mol. The molecule has 0 heterocycles. The number of nitrogens with one attached hydrogen (secondary N) is 2. The van der Waals surface area contributed by atoms with Crippen LogP contribution in [0.3, 0.4) is 0 Å². The first-order valence-electron chi connectivity index (χ1n) is 8.52. The van der Waals surface area contributed by atoms with Crippen molar-refractivity contribution in [1.82, 2.24) is 5.32 Å². The van der Waals surface area contributed by atoms with E-state index in [1.165, 1.54) is 0 Å². The van der Waals surface area contributed by atoms with E-state index in [1.807, 2.05) is 19.9 Å². The van der Waals surface area contributed by atoms with Crippen LogP contribution >= 0.6 is 0 Å². The highest BCUT2D eigenvalue weighted by atomic mass is 16.4. The number of allylic oxidation sites excluding steroid dienone is 2. The van der Waals surface area contributed by atoms with Crippen molar-refractivity contribution in [3.8, 4) is 0 Å². The molecule has 0 unspecified atom stereocenters. The Morgan fingerprint density at radius 2 is 1.72 bits per heavy atom. The lowest BCUT2D eigenvalue weighted by atomic mass is 9.82. The topological polar surface area (TPSA) is 95.5 Å². The first-order valence-corrected chi connectivity index (χ1v) is 8.52. The fourth-order valence-corrected chi connectivity index (χ4v) is 2.73. The Labute approximate surface area is 147 Å². The van der Waals surface area contributed by atoms with Gasteiger partial charge in [0.05, 0.1) is 11.8 Å². The second-order valence-corrected chi connectivity index (χ2v) is 6.34. The lowest BCUT2D eigenvalue weighted by Gasteiger charge is -2.24. The smallest absolute Gasteiger partial charge is 0.307 e. The van der Waals surface area contributed by atoms with Crippen LogP contribution in [0.15, 0.2) is 36.4 Å². The normalized spacial score (nSPS) is 20.6. The third-order valence-electron chi connectivity index (χ3n) is 4.49. The molecule has 25 heavy (non-hydrogen) atoms. The maximum atomic E-state index is 12.4. The molecular formula is C19H24N2O4. The minimum absolute atomic E-state index is 0.0965. The summed E-state index contributed by atoms with van der Waals surface area (Å²) in [6, 6.07) is 6.68. The number of benzene rings is 1. The number of hydrogen-bond acceptors (Lipinski definition) is 3. The Bertz CT molecular complexity index is 667. The highest BCUT2D eigenvalue weighted by Gasteiger charge is 2.33. The summed E-state index contributed by atoms with van der Waals surface area (Å²) < 4.78 is 0. The summed E-state index contributed by atoms with van der Waals surface area (Å²) in [6.45, 7) is 3.93. The van der Waals surface area contributed by atoms with Crippen LogP contribution in [0, 0.1) is 11.8 Å². The molecule has 0 fully saturated rings. The van der Waals surface area contributed by atoms with Crippen molar-refractivity contribution < 1.29 is 19.5 Å². The van der Waals surface area contributed by atoms with E-state index in [1.54, 1.807) is 30.3 Å². The fourth-order valence-electron chi connectivity index (χ4n) is 2.73.